The Bertz CT molecular complexity index is 312. The number of hydrogen-bond donors (Lipinski definition) is 0. The molecule has 0 amide bonds. The molecule has 3 aliphatic rings. The summed E-state index contributed by atoms with van der Waals surface area (Å²) in [4.78, 5) is 11.2. The van der Waals surface area contributed by atoms with Gasteiger partial charge in [0.15, 0.2) is 5.78 Å². The van der Waals surface area contributed by atoms with Crippen LogP contribution in [0.3, 0.4) is 0 Å². The molecular weight excluding hydrogens is 188 g/mol. The molecule has 0 radical (unpaired) electrons. The van der Waals surface area contributed by atoms with Gasteiger partial charge in [-0.1, -0.05) is 5.57 Å². The molecule has 1 saturated carbocycles. The maximum atomic E-state index is 11.2. The van der Waals surface area contributed by atoms with Crippen LogP contribution in [0.2, 0.25) is 0 Å². The SMILES string of the molecule is O=C1C=C(C2CCOC3(CCC3)C2)CC1. The molecule has 1 saturated heterocycles. The lowest BCUT2D eigenvalue weighted by Gasteiger charge is -2.47. The van der Waals surface area contributed by atoms with Gasteiger partial charge in [0.05, 0.1) is 5.60 Å². The van der Waals surface area contributed by atoms with Gasteiger partial charge in [0.1, 0.15) is 0 Å². The fraction of sp³-hybridized carbons (Fsp3) is 0.769. The summed E-state index contributed by atoms with van der Waals surface area (Å²) in [6.45, 7) is 0.899. The van der Waals surface area contributed by atoms with E-state index in [1.54, 1.807) is 0 Å². The molecule has 0 bridgehead atoms. The molecule has 0 aromatic heterocycles. The molecule has 2 heteroatoms. The molecule has 0 aromatic rings. The van der Waals surface area contributed by atoms with E-state index in [1.165, 1.54) is 31.3 Å². The van der Waals surface area contributed by atoms with Crippen LogP contribution in [0.15, 0.2) is 11.6 Å². The lowest BCUT2D eigenvalue weighted by molar-refractivity contribution is -0.139. The Hall–Kier alpha value is -0.630. The highest BCUT2D eigenvalue weighted by atomic mass is 16.5. The van der Waals surface area contributed by atoms with Crippen LogP contribution >= 0.6 is 0 Å². The minimum absolute atomic E-state index is 0.218. The van der Waals surface area contributed by atoms with Crippen LogP contribution in [0.4, 0.5) is 0 Å². The summed E-state index contributed by atoms with van der Waals surface area (Å²) in [6, 6.07) is 0. The average molecular weight is 206 g/mol. The van der Waals surface area contributed by atoms with Gasteiger partial charge < -0.3 is 4.74 Å². The van der Waals surface area contributed by atoms with Crippen molar-refractivity contribution < 1.29 is 9.53 Å². The average Bonchev–Trinajstić information content (AvgIpc) is 2.63. The van der Waals surface area contributed by atoms with Crippen molar-refractivity contribution in [1.82, 2.24) is 0 Å². The van der Waals surface area contributed by atoms with E-state index in [2.05, 4.69) is 0 Å². The predicted molar refractivity (Wildman–Crippen MR) is 57.6 cm³/mol. The number of allylic oxidation sites excluding steroid dienone is 2. The predicted octanol–water partition coefficient (Wildman–Crippen LogP) is 2.63. The molecular formula is C13H18O2. The van der Waals surface area contributed by atoms with E-state index >= 15 is 0 Å². The van der Waals surface area contributed by atoms with Crippen LogP contribution in [0.5, 0.6) is 0 Å². The van der Waals surface area contributed by atoms with Gasteiger partial charge >= 0.3 is 0 Å². The van der Waals surface area contributed by atoms with E-state index in [0.29, 0.717) is 11.7 Å². The smallest absolute Gasteiger partial charge is 0.155 e. The fourth-order valence-electron chi connectivity index (χ4n) is 3.20. The quantitative estimate of drug-likeness (QED) is 0.659. The van der Waals surface area contributed by atoms with Gasteiger partial charge in [-0.05, 0) is 50.5 Å². The Balaban J connectivity index is 1.71. The highest BCUT2D eigenvalue weighted by molar-refractivity contribution is 5.93. The highest BCUT2D eigenvalue weighted by Crippen LogP contribution is 2.46. The van der Waals surface area contributed by atoms with E-state index in [-0.39, 0.29) is 5.60 Å². The molecule has 2 aliphatic carbocycles. The van der Waals surface area contributed by atoms with Gasteiger partial charge in [-0.25, -0.2) is 0 Å². The molecule has 1 aliphatic heterocycles. The summed E-state index contributed by atoms with van der Waals surface area (Å²) in [5.74, 6) is 0.977. The second-order valence-corrected chi connectivity index (χ2v) is 5.26. The summed E-state index contributed by atoms with van der Waals surface area (Å²) >= 11 is 0. The van der Waals surface area contributed by atoms with Crippen LogP contribution in [0, 0.1) is 5.92 Å². The van der Waals surface area contributed by atoms with Crippen LogP contribution in [0.1, 0.15) is 44.9 Å². The zero-order chi connectivity index (χ0) is 10.3. The Morgan fingerprint density at radius 2 is 2.20 bits per heavy atom. The lowest BCUT2D eigenvalue weighted by atomic mass is 9.70. The molecule has 1 unspecified atom stereocenters. The van der Waals surface area contributed by atoms with Gasteiger partial charge in [-0.3, -0.25) is 4.79 Å². The summed E-state index contributed by atoms with van der Waals surface area (Å²) in [7, 11) is 0. The van der Waals surface area contributed by atoms with Crippen molar-refractivity contribution in [1.29, 1.82) is 0 Å². The first-order valence-electron chi connectivity index (χ1n) is 6.15. The Labute approximate surface area is 90.7 Å². The zero-order valence-corrected chi connectivity index (χ0v) is 9.13. The number of rotatable bonds is 1. The second-order valence-electron chi connectivity index (χ2n) is 5.26. The zero-order valence-electron chi connectivity index (χ0n) is 9.13. The van der Waals surface area contributed by atoms with E-state index in [0.717, 1.165) is 25.9 Å². The first kappa shape index (κ1) is 9.59. The fourth-order valence-corrected chi connectivity index (χ4v) is 3.20. The van der Waals surface area contributed by atoms with E-state index in [4.69, 9.17) is 4.74 Å². The molecule has 3 rings (SSSR count). The molecule has 15 heavy (non-hydrogen) atoms. The summed E-state index contributed by atoms with van der Waals surface area (Å²) in [6.07, 6.45) is 9.77. The summed E-state index contributed by atoms with van der Waals surface area (Å²) in [5, 5.41) is 0. The normalized spacial score (nSPS) is 34.0. The molecule has 2 nitrogen and oxygen atoms in total. The van der Waals surface area contributed by atoms with Gasteiger partial charge in [-0.15, -0.1) is 0 Å². The topological polar surface area (TPSA) is 26.3 Å². The largest absolute Gasteiger partial charge is 0.375 e. The van der Waals surface area contributed by atoms with Gasteiger partial charge in [-0.2, -0.15) is 0 Å². The van der Waals surface area contributed by atoms with Crippen LogP contribution in [0.25, 0.3) is 0 Å². The number of ether oxygens (including phenoxy) is 1. The van der Waals surface area contributed by atoms with E-state index in [1.807, 2.05) is 6.08 Å². The number of hydrogen-bond acceptors (Lipinski definition) is 2. The molecule has 0 N–H and O–H groups in total. The third-order valence-electron chi connectivity index (χ3n) is 4.29. The molecule has 2 fully saturated rings. The van der Waals surface area contributed by atoms with Crippen molar-refractivity contribution in [3.63, 3.8) is 0 Å². The standard InChI is InChI=1S/C13H18O2/c14-12-3-2-10(8-12)11-4-7-15-13(9-11)5-1-6-13/h8,11H,1-7,9H2. The Kier molecular flexibility index (Phi) is 2.20. The van der Waals surface area contributed by atoms with E-state index < -0.39 is 0 Å². The van der Waals surface area contributed by atoms with Crippen molar-refractivity contribution in [2.24, 2.45) is 5.92 Å². The van der Waals surface area contributed by atoms with Crippen LogP contribution in [-0.4, -0.2) is 18.0 Å². The molecule has 1 atom stereocenters. The number of carbonyl (C=O) groups excluding carboxylic acids is 1. The Morgan fingerprint density at radius 1 is 1.33 bits per heavy atom. The highest BCUT2D eigenvalue weighted by Gasteiger charge is 2.43. The first-order chi connectivity index (χ1) is 7.27. The second kappa shape index (κ2) is 3.44. The molecule has 0 aromatic carbocycles. The minimum atomic E-state index is 0.218. The van der Waals surface area contributed by atoms with Crippen molar-refractivity contribution in [2.75, 3.05) is 6.61 Å². The number of carbonyl (C=O) groups is 1. The van der Waals surface area contributed by atoms with Gasteiger partial charge in [0.2, 0.25) is 0 Å². The maximum absolute atomic E-state index is 11.2. The molecule has 82 valence electrons. The summed E-state index contributed by atoms with van der Waals surface area (Å²) in [5.41, 5.74) is 1.63. The summed E-state index contributed by atoms with van der Waals surface area (Å²) < 4.78 is 5.91. The lowest BCUT2D eigenvalue weighted by Crippen LogP contribution is -2.45. The first-order valence-corrected chi connectivity index (χ1v) is 6.15. The van der Waals surface area contributed by atoms with Crippen LogP contribution in [-0.2, 0) is 9.53 Å². The third-order valence-corrected chi connectivity index (χ3v) is 4.29. The minimum Gasteiger partial charge on any atom is -0.375 e. The van der Waals surface area contributed by atoms with Crippen molar-refractivity contribution >= 4 is 5.78 Å². The monoisotopic (exact) mass is 206 g/mol. The van der Waals surface area contributed by atoms with Gasteiger partial charge in [0.25, 0.3) is 0 Å². The van der Waals surface area contributed by atoms with Gasteiger partial charge in [0, 0.05) is 13.0 Å². The van der Waals surface area contributed by atoms with Crippen molar-refractivity contribution in [3.05, 3.63) is 11.6 Å². The third kappa shape index (κ3) is 1.65. The van der Waals surface area contributed by atoms with Crippen molar-refractivity contribution in [2.45, 2.75) is 50.5 Å². The Morgan fingerprint density at radius 3 is 2.80 bits per heavy atom. The maximum Gasteiger partial charge on any atom is 0.155 e. The van der Waals surface area contributed by atoms with E-state index in [9.17, 15) is 4.79 Å². The van der Waals surface area contributed by atoms with Crippen LogP contribution < -0.4 is 0 Å². The van der Waals surface area contributed by atoms with Crippen molar-refractivity contribution in [3.8, 4) is 0 Å². The number of ketones is 1. The molecule has 1 spiro atoms. The molecule has 1 heterocycles.